The number of anilines is 1. The smallest absolute Gasteiger partial charge is 0.224 e. The molecule has 1 saturated heterocycles. The summed E-state index contributed by atoms with van der Waals surface area (Å²) in [4.78, 5) is 23.5. The van der Waals surface area contributed by atoms with Crippen molar-refractivity contribution in [2.45, 2.75) is 25.7 Å². The van der Waals surface area contributed by atoms with Gasteiger partial charge in [-0.05, 0) is 36.5 Å². The molecule has 0 aliphatic carbocycles. The monoisotopic (exact) mass is 416 g/mol. The molecule has 1 amide bonds. The topological polar surface area (TPSA) is 67.4 Å². The molecule has 0 radical (unpaired) electrons. The highest BCUT2D eigenvalue weighted by molar-refractivity contribution is 5.79. The third-order valence-electron chi connectivity index (χ3n) is 5.73. The first-order chi connectivity index (χ1) is 15.2. The van der Waals surface area contributed by atoms with Crippen LogP contribution in [0.2, 0.25) is 0 Å². The van der Waals surface area contributed by atoms with Crippen LogP contribution in [-0.4, -0.2) is 35.5 Å². The van der Waals surface area contributed by atoms with Crippen LogP contribution >= 0.6 is 0 Å². The zero-order valence-corrected chi connectivity index (χ0v) is 17.8. The van der Waals surface area contributed by atoms with E-state index in [1.165, 1.54) is 11.9 Å². The van der Waals surface area contributed by atoms with E-state index in [0.29, 0.717) is 18.3 Å². The highest BCUT2D eigenvalue weighted by Crippen LogP contribution is 2.26. The van der Waals surface area contributed by atoms with Gasteiger partial charge in [0.05, 0.1) is 0 Å². The molecule has 0 spiro atoms. The molecule has 0 unspecified atom stereocenters. The molecule has 0 bridgehead atoms. The lowest BCUT2D eigenvalue weighted by Gasteiger charge is -2.32. The Balaban J connectivity index is 1.27. The average molecular weight is 417 g/mol. The number of nitrogens with one attached hydrogen (secondary N) is 1. The molecule has 1 fully saturated rings. The second-order valence-electron chi connectivity index (χ2n) is 7.95. The van der Waals surface area contributed by atoms with Gasteiger partial charge in [0.2, 0.25) is 11.8 Å². The van der Waals surface area contributed by atoms with Gasteiger partial charge >= 0.3 is 0 Å². The van der Waals surface area contributed by atoms with E-state index in [1.807, 2.05) is 54.6 Å². The van der Waals surface area contributed by atoms with Crippen molar-refractivity contribution >= 4 is 11.7 Å². The van der Waals surface area contributed by atoms with E-state index in [0.717, 1.165) is 37.5 Å². The molecular weight excluding hydrogens is 388 g/mol. The second kappa shape index (κ2) is 10.1. The number of benzene rings is 2. The van der Waals surface area contributed by atoms with Crippen LogP contribution in [0.5, 0.6) is 11.6 Å². The fourth-order valence-corrected chi connectivity index (χ4v) is 3.84. The van der Waals surface area contributed by atoms with Crippen LogP contribution in [-0.2, 0) is 4.79 Å². The molecule has 3 aromatic rings. The molecule has 2 heterocycles. The lowest BCUT2D eigenvalue weighted by atomic mass is 9.95. The van der Waals surface area contributed by atoms with Gasteiger partial charge < -0.3 is 15.0 Å². The van der Waals surface area contributed by atoms with Gasteiger partial charge in [-0.2, -0.15) is 0 Å². The number of rotatable bonds is 7. The zero-order chi connectivity index (χ0) is 21.5. The molecule has 31 heavy (non-hydrogen) atoms. The SMILES string of the molecule is C[C@@H](CNC(=O)C1CCN(c2cc(Oc3ccccc3)ncn2)CC1)c1ccccc1. The van der Waals surface area contributed by atoms with Crippen LogP contribution in [0.25, 0.3) is 0 Å². The number of aromatic nitrogens is 2. The van der Waals surface area contributed by atoms with Crippen molar-refractivity contribution in [1.82, 2.24) is 15.3 Å². The summed E-state index contributed by atoms with van der Waals surface area (Å²) in [5.41, 5.74) is 1.25. The summed E-state index contributed by atoms with van der Waals surface area (Å²) in [5.74, 6) is 2.59. The van der Waals surface area contributed by atoms with Crippen molar-refractivity contribution in [3.05, 3.63) is 78.6 Å². The number of carbonyl (C=O) groups excluding carboxylic acids is 1. The van der Waals surface area contributed by atoms with Crippen molar-refractivity contribution in [3.8, 4) is 11.6 Å². The normalized spacial score (nSPS) is 15.3. The number of piperidine rings is 1. The van der Waals surface area contributed by atoms with Crippen molar-refractivity contribution in [1.29, 1.82) is 0 Å². The minimum Gasteiger partial charge on any atom is -0.439 e. The van der Waals surface area contributed by atoms with Crippen molar-refractivity contribution in [2.75, 3.05) is 24.5 Å². The first kappa shape index (κ1) is 20.8. The summed E-state index contributed by atoms with van der Waals surface area (Å²) in [5, 5.41) is 3.14. The molecule has 2 aromatic carbocycles. The lowest BCUT2D eigenvalue weighted by Crippen LogP contribution is -2.41. The first-order valence-corrected chi connectivity index (χ1v) is 10.8. The molecule has 1 atom stereocenters. The van der Waals surface area contributed by atoms with E-state index in [1.54, 1.807) is 0 Å². The average Bonchev–Trinajstić information content (AvgIpc) is 2.84. The van der Waals surface area contributed by atoms with Crippen molar-refractivity contribution in [2.24, 2.45) is 5.92 Å². The maximum Gasteiger partial charge on any atom is 0.224 e. The zero-order valence-electron chi connectivity index (χ0n) is 17.8. The highest BCUT2D eigenvalue weighted by atomic mass is 16.5. The summed E-state index contributed by atoms with van der Waals surface area (Å²) in [6.07, 6.45) is 3.15. The number of hydrogen-bond donors (Lipinski definition) is 1. The Labute approximate surface area is 183 Å². The van der Waals surface area contributed by atoms with Crippen molar-refractivity contribution in [3.63, 3.8) is 0 Å². The maximum atomic E-state index is 12.7. The Hall–Kier alpha value is -3.41. The Morgan fingerprint density at radius 2 is 1.74 bits per heavy atom. The summed E-state index contributed by atoms with van der Waals surface area (Å²) in [6.45, 7) is 4.37. The standard InChI is InChI=1S/C25H28N4O2/c1-19(20-8-4-2-5-9-20)17-26-25(30)21-12-14-29(15-13-21)23-16-24(28-18-27-23)31-22-10-6-3-7-11-22/h2-11,16,18-19,21H,12-15,17H2,1H3,(H,26,30)/t19-/m0/s1. The molecule has 4 rings (SSSR count). The molecule has 6 heteroatoms. The molecule has 0 saturated carbocycles. The van der Waals surface area contributed by atoms with Gasteiger partial charge in [-0.1, -0.05) is 55.5 Å². The van der Waals surface area contributed by atoms with Gasteiger partial charge in [0, 0.05) is 31.6 Å². The number of para-hydroxylation sites is 1. The highest BCUT2D eigenvalue weighted by Gasteiger charge is 2.26. The number of carbonyl (C=O) groups is 1. The predicted molar refractivity (Wildman–Crippen MR) is 121 cm³/mol. The van der Waals surface area contributed by atoms with Gasteiger partial charge in [0.15, 0.2) is 0 Å². The quantitative estimate of drug-likeness (QED) is 0.618. The summed E-state index contributed by atoms with van der Waals surface area (Å²) >= 11 is 0. The van der Waals surface area contributed by atoms with Crippen LogP contribution in [0.1, 0.15) is 31.2 Å². The number of amides is 1. The van der Waals surface area contributed by atoms with E-state index in [2.05, 4.69) is 39.2 Å². The van der Waals surface area contributed by atoms with Crippen LogP contribution in [0.3, 0.4) is 0 Å². The Kier molecular flexibility index (Phi) is 6.77. The Bertz CT molecular complexity index is 973. The summed E-state index contributed by atoms with van der Waals surface area (Å²) in [7, 11) is 0. The van der Waals surface area contributed by atoms with Crippen molar-refractivity contribution < 1.29 is 9.53 Å². The van der Waals surface area contributed by atoms with Crippen LogP contribution in [0.4, 0.5) is 5.82 Å². The second-order valence-corrected chi connectivity index (χ2v) is 7.95. The summed E-state index contributed by atoms with van der Waals surface area (Å²) < 4.78 is 5.82. The number of hydrogen-bond acceptors (Lipinski definition) is 5. The van der Waals surface area contributed by atoms with E-state index in [-0.39, 0.29) is 11.8 Å². The first-order valence-electron chi connectivity index (χ1n) is 10.8. The van der Waals surface area contributed by atoms with Gasteiger partial charge in [-0.15, -0.1) is 0 Å². The van der Waals surface area contributed by atoms with Gasteiger partial charge in [-0.3, -0.25) is 4.79 Å². The molecule has 160 valence electrons. The third-order valence-corrected chi connectivity index (χ3v) is 5.73. The fraction of sp³-hybridized carbons (Fsp3) is 0.320. The molecular formula is C25H28N4O2. The minimum absolute atomic E-state index is 0.0427. The Morgan fingerprint density at radius 3 is 2.45 bits per heavy atom. The molecule has 1 aromatic heterocycles. The van der Waals surface area contributed by atoms with E-state index >= 15 is 0 Å². The lowest BCUT2D eigenvalue weighted by molar-refractivity contribution is -0.125. The number of nitrogens with zero attached hydrogens (tertiary/aromatic N) is 3. The summed E-state index contributed by atoms with van der Waals surface area (Å²) in [6, 6.07) is 21.7. The third kappa shape index (κ3) is 5.60. The Morgan fingerprint density at radius 1 is 1.06 bits per heavy atom. The molecule has 6 nitrogen and oxygen atoms in total. The molecule has 1 N–H and O–H groups in total. The van der Waals surface area contributed by atoms with Crippen LogP contribution < -0.4 is 15.0 Å². The van der Waals surface area contributed by atoms with Gasteiger partial charge in [0.25, 0.3) is 0 Å². The molecule has 1 aliphatic heterocycles. The van der Waals surface area contributed by atoms with Crippen LogP contribution in [0, 0.1) is 5.92 Å². The van der Waals surface area contributed by atoms with E-state index in [9.17, 15) is 4.79 Å². The van der Waals surface area contributed by atoms with Crippen LogP contribution in [0.15, 0.2) is 73.1 Å². The molecule has 1 aliphatic rings. The number of ether oxygens (including phenoxy) is 1. The van der Waals surface area contributed by atoms with Gasteiger partial charge in [0.1, 0.15) is 17.9 Å². The predicted octanol–water partition coefficient (Wildman–Crippen LogP) is 4.41. The van der Waals surface area contributed by atoms with E-state index < -0.39 is 0 Å². The van der Waals surface area contributed by atoms with Gasteiger partial charge in [-0.25, -0.2) is 9.97 Å². The fourth-order valence-electron chi connectivity index (χ4n) is 3.84. The largest absolute Gasteiger partial charge is 0.439 e. The minimum atomic E-state index is 0.0427. The maximum absolute atomic E-state index is 12.7. The van der Waals surface area contributed by atoms with E-state index in [4.69, 9.17) is 4.74 Å².